The molecule has 2 heterocycles. The third-order valence-electron chi connectivity index (χ3n) is 5.01. The average molecular weight is 433 g/mol. The number of aromatic amines is 1. The predicted octanol–water partition coefficient (Wildman–Crippen LogP) is 2.58. The minimum atomic E-state index is -0.304. The van der Waals surface area contributed by atoms with Crippen LogP contribution in [0.1, 0.15) is 17.0 Å². The molecule has 0 radical (unpaired) electrons. The van der Waals surface area contributed by atoms with Gasteiger partial charge < -0.3 is 25.5 Å². The van der Waals surface area contributed by atoms with Crippen molar-refractivity contribution in [2.45, 2.75) is 19.5 Å². The van der Waals surface area contributed by atoms with E-state index in [1.807, 2.05) is 36.4 Å². The first kappa shape index (κ1) is 21.0. The second-order valence-electron chi connectivity index (χ2n) is 7.23. The van der Waals surface area contributed by atoms with Gasteiger partial charge in [0.1, 0.15) is 12.0 Å². The van der Waals surface area contributed by atoms with E-state index < -0.39 is 0 Å². The molecule has 2 aromatic heterocycles. The largest absolute Gasteiger partial charge is 0.490 e. The van der Waals surface area contributed by atoms with Crippen molar-refractivity contribution in [2.75, 3.05) is 18.2 Å². The lowest BCUT2D eigenvalue weighted by molar-refractivity contribution is -0.120. The third-order valence-corrected chi connectivity index (χ3v) is 5.01. The highest BCUT2D eigenvalue weighted by atomic mass is 16.5. The summed E-state index contributed by atoms with van der Waals surface area (Å²) in [6.45, 7) is 0.642. The van der Waals surface area contributed by atoms with Crippen molar-refractivity contribution in [3.63, 3.8) is 0 Å². The van der Waals surface area contributed by atoms with Crippen LogP contribution in [0.25, 0.3) is 10.9 Å². The van der Waals surface area contributed by atoms with E-state index in [9.17, 15) is 9.59 Å². The number of nitrogens with zero attached hydrogens (tertiary/aromatic N) is 1. The number of anilines is 2. The minimum Gasteiger partial charge on any atom is -0.490 e. The Morgan fingerprint density at radius 3 is 2.81 bits per heavy atom. The van der Waals surface area contributed by atoms with Crippen molar-refractivity contribution < 1.29 is 13.9 Å². The second-order valence-corrected chi connectivity index (χ2v) is 7.23. The summed E-state index contributed by atoms with van der Waals surface area (Å²) in [6, 6.07) is 14.6. The molecule has 0 saturated carbocycles. The quantitative estimate of drug-likeness (QED) is 0.314. The first-order valence-corrected chi connectivity index (χ1v) is 10.00. The van der Waals surface area contributed by atoms with E-state index >= 15 is 0 Å². The molecule has 2 aromatic carbocycles. The molecule has 1 amide bonds. The van der Waals surface area contributed by atoms with E-state index in [0.29, 0.717) is 18.0 Å². The van der Waals surface area contributed by atoms with Gasteiger partial charge in [0.2, 0.25) is 17.1 Å². The standard InChI is InChI=1S/C23H23N5O4/c1-31-22-13-32-15(10-21(22)29)11-26-23(30)9-14-6-7-19(17(24)8-14)25-12-20-16-4-2-3-5-18(16)27-28-20/h2-8,10,13,25H,9,11-12,24H2,1H3,(H,26,30)(H,27,28). The number of hydrogen-bond donors (Lipinski definition) is 4. The van der Waals surface area contributed by atoms with Crippen LogP contribution in [0.5, 0.6) is 5.75 Å². The highest BCUT2D eigenvalue weighted by molar-refractivity contribution is 5.82. The van der Waals surface area contributed by atoms with Crippen LogP contribution < -0.4 is 26.5 Å². The number of amides is 1. The SMILES string of the molecule is COc1coc(CNC(=O)Cc2ccc(NCc3[nH]nc4ccccc34)c(N)c2)cc1=O. The van der Waals surface area contributed by atoms with Gasteiger partial charge in [-0.2, -0.15) is 5.10 Å². The number of carbonyl (C=O) groups excluding carboxylic acids is 1. The third kappa shape index (κ3) is 4.72. The Kier molecular flexibility index (Phi) is 6.07. The number of benzene rings is 2. The molecule has 4 rings (SSSR count). The molecule has 0 aliphatic carbocycles. The lowest BCUT2D eigenvalue weighted by atomic mass is 10.1. The average Bonchev–Trinajstić information content (AvgIpc) is 3.20. The van der Waals surface area contributed by atoms with Gasteiger partial charge in [-0.25, -0.2) is 0 Å². The minimum absolute atomic E-state index is 0.103. The van der Waals surface area contributed by atoms with Gasteiger partial charge in [-0.1, -0.05) is 24.3 Å². The van der Waals surface area contributed by atoms with E-state index in [0.717, 1.165) is 27.8 Å². The van der Waals surface area contributed by atoms with E-state index in [2.05, 4.69) is 20.8 Å². The molecule has 0 aliphatic heterocycles. The fourth-order valence-corrected chi connectivity index (χ4v) is 3.33. The summed E-state index contributed by atoms with van der Waals surface area (Å²) in [5.74, 6) is 0.243. The van der Waals surface area contributed by atoms with Crippen LogP contribution in [0, 0.1) is 0 Å². The van der Waals surface area contributed by atoms with Gasteiger partial charge >= 0.3 is 0 Å². The summed E-state index contributed by atoms with van der Waals surface area (Å²) in [6.07, 6.45) is 1.37. The highest BCUT2D eigenvalue weighted by Gasteiger charge is 2.09. The Morgan fingerprint density at radius 2 is 2.03 bits per heavy atom. The number of nitrogen functional groups attached to an aromatic ring is 1. The van der Waals surface area contributed by atoms with Gasteiger partial charge in [0, 0.05) is 11.5 Å². The van der Waals surface area contributed by atoms with Crippen molar-refractivity contribution in [3.05, 3.63) is 82.0 Å². The van der Waals surface area contributed by atoms with Crippen LogP contribution in [-0.2, 0) is 24.3 Å². The normalized spacial score (nSPS) is 10.8. The molecular weight excluding hydrogens is 410 g/mol. The zero-order chi connectivity index (χ0) is 22.5. The van der Waals surface area contributed by atoms with Crippen molar-refractivity contribution in [1.29, 1.82) is 0 Å². The van der Waals surface area contributed by atoms with Gasteiger partial charge in [0.15, 0.2) is 0 Å². The molecule has 5 N–H and O–H groups in total. The first-order valence-electron chi connectivity index (χ1n) is 10.00. The summed E-state index contributed by atoms with van der Waals surface area (Å²) in [5, 5.41) is 14.4. The van der Waals surface area contributed by atoms with Crippen LogP contribution in [0.3, 0.4) is 0 Å². The molecule has 9 heteroatoms. The number of ether oxygens (including phenoxy) is 1. The molecule has 0 atom stereocenters. The van der Waals surface area contributed by atoms with Gasteiger partial charge in [0.25, 0.3) is 0 Å². The van der Waals surface area contributed by atoms with Gasteiger partial charge in [-0.15, -0.1) is 0 Å². The lowest BCUT2D eigenvalue weighted by Crippen LogP contribution is -2.25. The van der Waals surface area contributed by atoms with Gasteiger partial charge in [-0.05, 0) is 23.8 Å². The summed E-state index contributed by atoms with van der Waals surface area (Å²) >= 11 is 0. The summed E-state index contributed by atoms with van der Waals surface area (Å²) in [4.78, 5) is 24.0. The molecule has 32 heavy (non-hydrogen) atoms. The molecule has 0 spiro atoms. The number of para-hydroxylation sites is 1. The molecule has 0 fully saturated rings. The van der Waals surface area contributed by atoms with Gasteiger partial charge in [-0.3, -0.25) is 14.7 Å². The number of H-pyrrole nitrogens is 1. The van der Waals surface area contributed by atoms with Crippen molar-refractivity contribution in [3.8, 4) is 5.75 Å². The second kappa shape index (κ2) is 9.25. The Bertz CT molecular complexity index is 1310. The molecule has 4 aromatic rings. The number of hydrogen-bond acceptors (Lipinski definition) is 7. The Hall–Kier alpha value is -4.27. The molecule has 9 nitrogen and oxygen atoms in total. The van der Waals surface area contributed by atoms with Gasteiger partial charge in [0.05, 0.1) is 49.2 Å². The maximum absolute atomic E-state index is 12.3. The van der Waals surface area contributed by atoms with E-state index in [-0.39, 0.29) is 30.1 Å². The van der Waals surface area contributed by atoms with E-state index in [4.69, 9.17) is 14.9 Å². The lowest BCUT2D eigenvalue weighted by Gasteiger charge is -2.11. The summed E-state index contributed by atoms with van der Waals surface area (Å²) in [7, 11) is 1.39. The van der Waals surface area contributed by atoms with E-state index in [1.54, 1.807) is 6.07 Å². The summed E-state index contributed by atoms with van der Waals surface area (Å²) in [5.41, 5.74) is 9.83. The number of methoxy groups -OCH3 is 1. The fraction of sp³-hybridized carbons (Fsp3) is 0.174. The molecule has 0 bridgehead atoms. The number of rotatable bonds is 8. The predicted molar refractivity (Wildman–Crippen MR) is 121 cm³/mol. The van der Waals surface area contributed by atoms with E-state index in [1.165, 1.54) is 19.4 Å². The van der Waals surface area contributed by atoms with Crippen LogP contribution in [0.4, 0.5) is 11.4 Å². The highest BCUT2D eigenvalue weighted by Crippen LogP contribution is 2.22. The maximum Gasteiger partial charge on any atom is 0.227 e. The molecule has 0 aliphatic rings. The number of carbonyl (C=O) groups is 1. The number of fused-ring (bicyclic) bond motifs is 1. The Labute approximate surface area is 183 Å². The van der Waals surface area contributed by atoms with Crippen molar-refractivity contribution in [1.82, 2.24) is 15.5 Å². The smallest absolute Gasteiger partial charge is 0.227 e. The van der Waals surface area contributed by atoms with Crippen molar-refractivity contribution >= 4 is 28.2 Å². The Balaban J connectivity index is 1.33. The molecule has 0 saturated heterocycles. The number of aromatic nitrogens is 2. The Morgan fingerprint density at radius 1 is 1.19 bits per heavy atom. The topological polar surface area (TPSA) is 135 Å². The van der Waals surface area contributed by atoms with Crippen LogP contribution >= 0.6 is 0 Å². The molecule has 0 unspecified atom stereocenters. The zero-order valence-electron chi connectivity index (χ0n) is 17.5. The maximum atomic E-state index is 12.3. The van der Waals surface area contributed by atoms with Crippen LogP contribution in [0.2, 0.25) is 0 Å². The monoisotopic (exact) mass is 433 g/mol. The zero-order valence-corrected chi connectivity index (χ0v) is 17.5. The number of nitrogens with two attached hydrogens (primary N) is 1. The summed E-state index contributed by atoms with van der Waals surface area (Å²) < 4.78 is 10.1. The number of nitrogens with one attached hydrogen (secondary N) is 3. The molecule has 164 valence electrons. The fourth-order valence-electron chi connectivity index (χ4n) is 3.33. The van der Waals surface area contributed by atoms with Crippen molar-refractivity contribution in [2.24, 2.45) is 0 Å². The first-order chi connectivity index (χ1) is 15.5. The molecular formula is C23H23N5O4. The van der Waals surface area contributed by atoms with Crippen LogP contribution in [-0.4, -0.2) is 23.2 Å². The van der Waals surface area contributed by atoms with Crippen LogP contribution in [0.15, 0.2) is 64.0 Å².